The molecule has 1 amide bonds. The Balaban J connectivity index is 1.90. The van der Waals surface area contributed by atoms with Crippen LogP contribution in [0.25, 0.3) is 0 Å². The Hall–Kier alpha value is -2.46. The highest BCUT2D eigenvalue weighted by Gasteiger charge is 2.33. The zero-order valence-corrected chi connectivity index (χ0v) is 13.0. The number of rotatable bonds is 4. The second-order valence-electron chi connectivity index (χ2n) is 5.95. The standard InChI is InChI=1S/C19H19N2O2/c1-12-6-2-3-7-13(12)11-17(22)18-15-9-5-4-8-14(15)10-16(21-18)19(20)23/h2-3,5-9,16,18,21H,10-11H2,1H3,(H2,20,23). The molecular formula is C19H19N2O2. The number of primary amides is 1. The van der Waals surface area contributed by atoms with Gasteiger partial charge in [0, 0.05) is 6.42 Å². The maximum absolute atomic E-state index is 12.8. The first-order valence-electron chi connectivity index (χ1n) is 7.67. The molecule has 1 heterocycles. The lowest BCUT2D eigenvalue weighted by Crippen LogP contribution is -2.50. The molecule has 2 aromatic rings. The van der Waals surface area contributed by atoms with Gasteiger partial charge in [0.1, 0.15) is 0 Å². The van der Waals surface area contributed by atoms with E-state index in [9.17, 15) is 9.59 Å². The van der Waals surface area contributed by atoms with Gasteiger partial charge in [-0.15, -0.1) is 0 Å². The molecule has 2 aromatic carbocycles. The normalized spacial score (nSPS) is 19.9. The predicted octanol–water partition coefficient (Wildman–Crippen LogP) is 1.65. The van der Waals surface area contributed by atoms with Crippen LogP contribution in [0.2, 0.25) is 0 Å². The minimum Gasteiger partial charge on any atom is -0.368 e. The van der Waals surface area contributed by atoms with E-state index in [2.05, 4.69) is 11.4 Å². The highest BCUT2D eigenvalue weighted by atomic mass is 16.1. The lowest BCUT2D eigenvalue weighted by molar-refractivity contribution is -0.123. The summed E-state index contributed by atoms with van der Waals surface area (Å²) in [6.07, 6.45) is 0.823. The lowest BCUT2D eigenvalue weighted by atomic mass is 9.86. The van der Waals surface area contributed by atoms with Gasteiger partial charge in [-0.05, 0) is 41.7 Å². The quantitative estimate of drug-likeness (QED) is 0.902. The molecule has 4 heteroatoms. The van der Waals surface area contributed by atoms with Crippen LogP contribution in [-0.2, 0) is 22.4 Å². The summed E-state index contributed by atoms with van der Waals surface area (Å²) < 4.78 is 0. The van der Waals surface area contributed by atoms with Crippen LogP contribution in [0, 0.1) is 13.0 Å². The van der Waals surface area contributed by atoms with Crippen LogP contribution >= 0.6 is 0 Å². The fraction of sp³-hybridized carbons (Fsp3) is 0.263. The zero-order chi connectivity index (χ0) is 16.4. The van der Waals surface area contributed by atoms with Crippen LogP contribution in [0.15, 0.2) is 42.5 Å². The Kier molecular flexibility index (Phi) is 4.26. The van der Waals surface area contributed by atoms with E-state index < -0.39 is 18.0 Å². The van der Waals surface area contributed by atoms with E-state index in [1.165, 1.54) is 0 Å². The molecule has 23 heavy (non-hydrogen) atoms. The third-order valence-corrected chi connectivity index (χ3v) is 4.38. The van der Waals surface area contributed by atoms with Crippen molar-refractivity contribution >= 4 is 11.7 Å². The Bertz CT molecular complexity index is 755. The molecule has 0 aromatic heterocycles. The Morgan fingerprint density at radius 1 is 1.30 bits per heavy atom. The summed E-state index contributed by atoms with van der Waals surface area (Å²) in [5, 5.41) is 3.11. The van der Waals surface area contributed by atoms with Gasteiger partial charge in [-0.1, -0.05) is 42.5 Å². The largest absolute Gasteiger partial charge is 0.368 e. The number of carbonyl (C=O) groups excluding carboxylic acids is 2. The van der Waals surface area contributed by atoms with Crippen molar-refractivity contribution in [1.82, 2.24) is 5.32 Å². The van der Waals surface area contributed by atoms with E-state index in [1.807, 2.05) is 43.3 Å². The molecule has 0 spiro atoms. The SMILES string of the molecule is Cc1ccccc1CC(=O)C1NC(C(N)=O)Cc2c[c]ccc21. The number of benzene rings is 2. The lowest BCUT2D eigenvalue weighted by Gasteiger charge is -2.31. The third-order valence-electron chi connectivity index (χ3n) is 4.38. The average molecular weight is 307 g/mol. The van der Waals surface area contributed by atoms with Crippen LogP contribution in [0.5, 0.6) is 0 Å². The smallest absolute Gasteiger partial charge is 0.234 e. The van der Waals surface area contributed by atoms with E-state index in [0.717, 1.165) is 22.3 Å². The van der Waals surface area contributed by atoms with Crippen molar-refractivity contribution in [2.45, 2.75) is 31.8 Å². The van der Waals surface area contributed by atoms with Gasteiger partial charge in [0.25, 0.3) is 0 Å². The molecule has 0 saturated heterocycles. The minimum atomic E-state index is -0.524. The number of fused-ring (bicyclic) bond motifs is 1. The molecule has 3 rings (SSSR count). The molecule has 0 fully saturated rings. The van der Waals surface area contributed by atoms with Crippen molar-refractivity contribution < 1.29 is 9.59 Å². The van der Waals surface area contributed by atoms with Gasteiger partial charge in [0.15, 0.2) is 5.78 Å². The van der Waals surface area contributed by atoms with Gasteiger partial charge in [-0.25, -0.2) is 0 Å². The summed E-state index contributed by atoms with van der Waals surface area (Å²) in [6, 6.07) is 15.3. The third kappa shape index (κ3) is 3.17. The number of aryl methyl sites for hydroxylation is 1. The first-order chi connectivity index (χ1) is 11.1. The number of nitrogens with one attached hydrogen (secondary N) is 1. The molecular weight excluding hydrogens is 288 g/mol. The van der Waals surface area contributed by atoms with Gasteiger partial charge in [0.2, 0.25) is 5.91 Å². The van der Waals surface area contributed by atoms with Crippen molar-refractivity contribution in [3.05, 3.63) is 70.8 Å². The first kappa shape index (κ1) is 15.4. The van der Waals surface area contributed by atoms with E-state index in [0.29, 0.717) is 12.8 Å². The molecule has 0 saturated carbocycles. The molecule has 2 atom stereocenters. The Labute approximate surface area is 135 Å². The zero-order valence-electron chi connectivity index (χ0n) is 13.0. The molecule has 2 unspecified atom stereocenters. The van der Waals surface area contributed by atoms with Gasteiger partial charge in [0.05, 0.1) is 12.1 Å². The number of hydrogen-bond donors (Lipinski definition) is 2. The van der Waals surface area contributed by atoms with E-state index in [1.54, 1.807) is 6.07 Å². The van der Waals surface area contributed by atoms with Crippen molar-refractivity contribution in [2.24, 2.45) is 5.73 Å². The molecule has 0 bridgehead atoms. The fourth-order valence-electron chi connectivity index (χ4n) is 3.05. The highest BCUT2D eigenvalue weighted by Crippen LogP contribution is 2.27. The van der Waals surface area contributed by atoms with Crippen molar-refractivity contribution in [1.29, 1.82) is 0 Å². The summed E-state index contributed by atoms with van der Waals surface area (Å²) in [7, 11) is 0. The number of hydrogen-bond acceptors (Lipinski definition) is 3. The summed E-state index contributed by atoms with van der Waals surface area (Å²) in [5.41, 5.74) is 9.41. The van der Waals surface area contributed by atoms with Crippen molar-refractivity contribution in [3.8, 4) is 0 Å². The van der Waals surface area contributed by atoms with Crippen LogP contribution in [-0.4, -0.2) is 17.7 Å². The van der Waals surface area contributed by atoms with Crippen molar-refractivity contribution in [3.63, 3.8) is 0 Å². The first-order valence-corrected chi connectivity index (χ1v) is 7.67. The van der Waals surface area contributed by atoms with Crippen LogP contribution < -0.4 is 11.1 Å². The number of amides is 1. The monoisotopic (exact) mass is 307 g/mol. The van der Waals surface area contributed by atoms with Gasteiger partial charge in [-0.3, -0.25) is 14.9 Å². The summed E-state index contributed by atoms with van der Waals surface area (Å²) in [6.45, 7) is 1.99. The van der Waals surface area contributed by atoms with Crippen LogP contribution in [0.1, 0.15) is 28.3 Å². The van der Waals surface area contributed by atoms with Crippen molar-refractivity contribution in [2.75, 3.05) is 0 Å². The average Bonchev–Trinajstić information content (AvgIpc) is 2.55. The highest BCUT2D eigenvalue weighted by molar-refractivity contribution is 5.90. The molecule has 4 nitrogen and oxygen atoms in total. The Morgan fingerprint density at radius 2 is 2.09 bits per heavy atom. The second-order valence-corrected chi connectivity index (χ2v) is 5.95. The minimum absolute atomic E-state index is 0.0395. The maximum atomic E-state index is 12.8. The molecule has 117 valence electrons. The number of nitrogens with two attached hydrogens (primary N) is 1. The summed E-state index contributed by atoms with van der Waals surface area (Å²) in [5.74, 6) is -0.397. The van der Waals surface area contributed by atoms with Crippen LogP contribution in [0.4, 0.5) is 0 Å². The van der Waals surface area contributed by atoms with Gasteiger partial charge < -0.3 is 5.73 Å². The van der Waals surface area contributed by atoms with E-state index >= 15 is 0 Å². The molecule has 3 N–H and O–H groups in total. The van der Waals surface area contributed by atoms with E-state index in [-0.39, 0.29) is 5.78 Å². The second kappa shape index (κ2) is 6.34. The predicted molar refractivity (Wildman–Crippen MR) is 87.7 cm³/mol. The summed E-state index contributed by atoms with van der Waals surface area (Å²) >= 11 is 0. The molecule has 1 radical (unpaired) electrons. The van der Waals surface area contributed by atoms with E-state index in [4.69, 9.17) is 5.73 Å². The number of ketones is 1. The maximum Gasteiger partial charge on any atom is 0.234 e. The van der Waals surface area contributed by atoms with Gasteiger partial charge >= 0.3 is 0 Å². The number of carbonyl (C=O) groups is 2. The Morgan fingerprint density at radius 3 is 2.83 bits per heavy atom. The molecule has 0 aliphatic carbocycles. The summed E-state index contributed by atoms with van der Waals surface area (Å²) in [4.78, 5) is 24.4. The molecule has 1 aliphatic heterocycles. The number of Topliss-reactive ketones (excluding diaryl/α,β-unsaturated/α-hetero) is 1. The van der Waals surface area contributed by atoms with Gasteiger partial charge in [-0.2, -0.15) is 0 Å². The topological polar surface area (TPSA) is 72.2 Å². The molecule has 1 aliphatic rings. The fourth-order valence-corrected chi connectivity index (χ4v) is 3.05. The van der Waals surface area contributed by atoms with Crippen LogP contribution in [0.3, 0.4) is 0 Å².